The van der Waals surface area contributed by atoms with Gasteiger partial charge in [-0.3, -0.25) is 4.68 Å². The summed E-state index contributed by atoms with van der Waals surface area (Å²) in [4.78, 5) is 0. The van der Waals surface area contributed by atoms with Crippen LogP contribution in [0.1, 0.15) is 38.3 Å². The van der Waals surface area contributed by atoms with E-state index in [4.69, 9.17) is 0 Å². The van der Waals surface area contributed by atoms with Crippen LogP contribution >= 0.6 is 0 Å². The lowest BCUT2D eigenvalue weighted by Gasteiger charge is -2.35. The molecule has 1 fully saturated rings. The van der Waals surface area contributed by atoms with Crippen LogP contribution in [0.15, 0.2) is 12.3 Å². The molecule has 0 aromatic carbocycles. The maximum atomic E-state index is 12.6. The maximum Gasteiger partial charge on any atom is 0.248 e. The van der Waals surface area contributed by atoms with Crippen LogP contribution in [-0.2, 0) is 6.54 Å². The molecule has 0 aliphatic heterocycles. The fourth-order valence-corrected chi connectivity index (χ4v) is 2.14. The highest BCUT2D eigenvalue weighted by Gasteiger charge is 2.45. The number of hydrogen-bond donors (Lipinski definition) is 0. The van der Waals surface area contributed by atoms with Crippen molar-refractivity contribution >= 4 is 0 Å². The van der Waals surface area contributed by atoms with Crippen molar-refractivity contribution < 1.29 is 8.78 Å². The Morgan fingerprint density at radius 3 is 2.73 bits per heavy atom. The van der Waals surface area contributed by atoms with Crippen LogP contribution in [0.2, 0.25) is 0 Å². The van der Waals surface area contributed by atoms with Gasteiger partial charge in [-0.1, -0.05) is 13.8 Å². The lowest BCUT2D eigenvalue weighted by molar-refractivity contribution is -0.114. The zero-order valence-corrected chi connectivity index (χ0v) is 9.08. The Morgan fingerprint density at radius 1 is 1.53 bits per heavy atom. The summed E-state index contributed by atoms with van der Waals surface area (Å²) in [5, 5.41) is 4.18. The molecule has 2 rings (SSSR count). The Balaban J connectivity index is 1.97. The molecule has 1 aromatic rings. The molecular weight excluding hydrogens is 198 g/mol. The fourth-order valence-electron chi connectivity index (χ4n) is 2.14. The summed E-state index contributed by atoms with van der Waals surface area (Å²) in [6.45, 7) is 4.81. The molecule has 1 aliphatic rings. The Kier molecular flexibility index (Phi) is 2.52. The van der Waals surface area contributed by atoms with E-state index in [1.807, 2.05) is 10.7 Å². The molecule has 1 saturated carbocycles. The number of alkyl halides is 2. The molecule has 1 heterocycles. The second kappa shape index (κ2) is 3.58. The Morgan fingerprint density at radius 2 is 2.20 bits per heavy atom. The number of aromatic nitrogens is 2. The van der Waals surface area contributed by atoms with Crippen LogP contribution in [0.3, 0.4) is 0 Å². The molecule has 2 nitrogen and oxygen atoms in total. The molecule has 0 spiro atoms. The zero-order chi connectivity index (χ0) is 11.1. The number of halogens is 2. The van der Waals surface area contributed by atoms with Gasteiger partial charge in [0.15, 0.2) is 0 Å². The molecule has 84 valence electrons. The predicted octanol–water partition coefficient (Wildman–Crippen LogP) is 3.05. The molecule has 0 atom stereocenters. The van der Waals surface area contributed by atoms with Gasteiger partial charge in [-0.2, -0.15) is 5.10 Å². The minimum Gasteiger partial charge on any atom is -0.269 e. The van der Waals surface area contributed by atoms with Crippen molar-refractivity contribution in [2.75, 3.05) is 0 Å². The maximum absolute atomic E-state index is 12.6. The molecular formula is C11H16F2N2. The first kappa shape index (κ1) is 10.6. The van der Waals surface area contributed by atoms with E-state index in [-0.39, 0.29) is 18.8 Å². The van der Waals surface area contributed by atoms with Gasteiger partial charge >= 0.3 is 0 Å². The standard InChI is InChI=1S/C11H16F2N2/c1-8(2)10-3-4-14-15(10)7-9-5-11(12,13)6-9/h3-4,8-9H,5-7H2,1-2H3. The van der Waals surface area contributed by atoms with Crippen LogP contribution in [-0.4, -0.2) is 15.7 Å². The lowest BCUT2D eigenvalue weighted by Crippen LogP contribution is -2.38. The van der Waals surface area contributed by atoms with Gasteiger partial charge in [0.2, 0.25) is 5.92 Å². The van der Waals surface area contributed by atoms with Crippen molar-refractivity contribution in [3.8, 4) is 0 Å². The number of rotatable bonds is 3. The largest absolute Gasteiger partial charge is 0.269 e. The normalized spacial score (nSPS) is 20.6. The predicted molar refractivity (Wildman–Crippen MR) is 54.0 cm³/mol. The molecule has 0 N–H and O–H groups in total. The molecule has 4 heteroatoms. The van der Waals surface area contributed by atoms with E-state index in [1.165, 1.54) is 0 Å². The van der Waals surface area contributed by atoms with Crippen LogP contribution < -0.4 is 0 Å². The van der Waals surface area contributed by atoms with Crippen LogP contribution in [0.25, 0.3) is 0 Å². The van der Waals surface area contributed by atoms with Gasteiger partial charge in [0.05, 0.1) is 0 Å². The second-order valence-electron chi connectivity index (χ2n) is 4.72. The van der Waals surface area contributed by atoms with E-state index >= 15 is 0 Å². The fraction of sp³-hybridized carbons (Fsp3) is 0.727. The Bertz CT molecular complexity index is 336. The van der Waals surface area contributed by atoms with E-state index in [1.54, 1.807) is 6.20 Å². The number of nitrogens with zero attached hydrogens (tertiary/aromatic N) is 2. The molecule has 0 amide bonds. The highest BCUT2D eigenvalue weighted by Crippen LogP contribution is 2.43. The summed E-state index contributed by atoms with van der Waals surface area (Å²) in [7, 11) is 0. The van der Waals surface area contributed by atoms with E-state index in [9.17, 15) is 8.78 Å². The van der Waals surface area contributed by atoms with E-state index < -0.39 is 5.92 Å². The molecule has 0 saturated heterocycles. The average molecular weight is 214 g/mol. The monoisotopic (exact) mass is 214 g/mol. The van der Waals surface area contributed by atoms with Crippen molar-refractivity contribution in [2.24, 2.45) is 5.92 Å². The smallest absolute Gasteiger partial charge is 0.248 e. The molecule has 0 radical (unpaired) electrons. The first-order valence-corrected chi connectivity index (χ1v) is 5.37. The van der Waals surface area contributed by atoms with Gasteiger partial charge in [-0.05, 0) is 17.9 Å². The van der Waals surface area contributed by atoms with Crippen molar-refractivity contribution in [2.45, 2.75) is 45.1 Å². The van der Waals surface area contributed by atoms with Gasteiger partial charge in [-0.25, -0.2) is 8.78 Å². The third-order valence-corrected chi connectivity index (χ3v) is 2.95. The molecule has 1 aromatic heterocycles. The minimum absolute atomic E-state index is 0.0182. The van der Waals surface area contributed by atoms with Crippen LogP contribution in [0.5, 0.6) is 0 Å². The summed E-state index contributed by atoms with van der Waals surface area (Å²) in [6, 6.07) is 1.96. The number of hydrogen-bond acceptors (Lipinski definition) is 1. The first-order chi connectivity index (χ1) is 6.98. The van der Waals surface area contributed by atoms with Gasteiger partial charge in [0.25, 0.3) is 0 Å². The first-order valence-electron chi connectivity index (χ1n) is 5.37. The van der Waals surface area contributed by atoms with Crippen molar-refractivity contribution in [3.05, 3.63) is 18.0 Å². The van der Waals surface area contributed by atoms with E-state index in [0.717, 1.165) is 5.69 Å². The van der Waals surface area contributed by atoms with Crippen LogP contribution in [0, 0.1) is 5.92 Å². The summed E-state index contributed by atoms with van der Waals surface area (Å²) in [6.07, 6.45) is 1.78. The third kappa shape index (κ3) is 2.19. The zero-order valence-electron chi connectivity index (χ0n) is 9.08. The summed E-state index contributed by atoms with van der Waals surface area (Å²) in [5.41, 5.74) is 1.13. The van der Waals surface area contributed by atoms with Crippen molar-refractivity contribution in [1.82, 2.24) is 9.78 Å². The average Bonchev–Trinajstić information content (AvgIpc) is 2.48. The van der Waals surface area contributed by atoms with Crippen LogP contribution in [0.4, 0.5) is 8.78 Å². The second-order valence-corrected chi connectivity index (χ2v) is 4.72. The molecule has 0 unspecified atom stereocenters. The van der Waals surface area contributed by atoms with Gasteiger partial charge in [0.1, 0.15) is 0 Å². The minimum atomic E-state index is -2.42. The van der Waals surface area contributed by atoms with E-state index in [2.05, 4.69) is 18.9 Å². The van der Waals surface area contributed by atoms with Crippen molar-refractivity contribution in [1.29, 1.82) is 0 Å². The molecule has 15 heavy (non-hydrogen) atoms. The topological polar surface area (TPSA) is 17.8 Å². The van der Waals surface area contributed by atoms with Gasteiger partial charge in [0, 0.05) is 31.3 Å². The Hall–Kier alpha value is -0.930. The SMILES string of the molecule is CC(C)c1ccnn1CC1CC(F)(F)C1. The van der Waals surface area contributed by atoms with Crippen molar-refractivity contribution in [3.63, 3.8) is 0 Å². The molecule has 1 aliphatic carbocycles. The summed E-state index contributed by atoms with van der Waals surface area (Å²) >= 11 is 0. The summed E-state index contributed by atoms with van der Waals surface area (Å²) < 4.78 is 27.2. The third-order valence-electron chi connectivity index (χ3n) is 2.95. The summed E-state index contributed by atoms with van der Waals surface area (Å²) in [5.74, 6) is -1.93. The highest BCUT2D eigenvalue weighted by molar-refractivity contribution is 5.06. The van der Waals surface area contributed by atoms with Gasteiger partial charge in [-0.15, -0.1) is 0 Å². The highest BCUT2D eigenvalue weighted by atomic mass is 19.3. The quantitative estimate of drug-likeness (QED) is 0.756. The Labute approximate surface area is 88.3 Å². The lowest BCUT2D eigenvalue weighted by atomic mass is 9.81. The molecule has 0 bridgehead atoms. The van der Waals surface area contributed by atoms with E-state index in [0.29, 0.717) is 12.5 Å². The van der Waals surface area contributed by atoms with Gasteiger partial charge < -0.3 is 0 Å².